The van der Waals surface area contributed by atoms with Crippen LogP contribution in [0.1, 0.15) is 27.1 Å². The second kappa shape index (κ2) is 5.88. The summed E-state index contributed by atoms with van der Waals surface area (Å²) in [6, 6.07) is 6.66. The highest BCUT2D eigenvalue weighted by molar-refractivity contribution is 6.09. The molecule has 0 radical (unpaired) electrons. The molecule has 0 atom stereocenters. The molecule has 1 aliphatic heterocycles. The van der Waals surface area contributed by atoms with Gasteiger partial charge in [-0.05, 0) is 12.1 Å². The van der Waals surface area contributed by atoms with Crippen LogP contribution in [0.15, 0.2) is 30.5 Å². The number of aromatic nitrogens is 2. The number of rotatable bonds is 3. The van der Waals surface area contributed by atoms with Crippen molar-refractivity contribution < 1.29 is 19.1 Å². The van der Waals surface area contributed by atoms with Crippen molar-refractivity contribution in [3.8, 4) is 5.88 Å². The fourth-order valence-electron chi connectivity index (χ4n) is 2.29. The maximum absolute atomic E-state index is 12.4. The van der Waals surface area contributed by atoms with Crippen molar-refractivity contribution in [3.05, 3.63) is 41.6 Å². The summed E-state index contributed by atoms with van der Waals surface area (Å²) in [5.41, 5.74) is 1.02. The number of esters is 1. The van der Waals surface area contributed by atoms with Crippen molar-refractivity contribution in [2.75, 3.05) is 19.0 Å². The van der Waals surface area contributed by atoms with E-state index >= 15 is 0 Å². The molecule has 3 rings (SSSR count). The minimum absolute atomic E-state index is 0.292. The Balaban J connectivity index is 1.86. The summed E-state index contributed by atoms with van der Waals surface area (Å²) >= 11 is 0. The predicted molar refractivity (Wildman–Crippen MR) is 78.1 cm³/mol. The molecular formula is C15H15N3O4. The van der Waals surface area contributed by atoms with E-state index in [4.69, 9.17) is 9.47 Å². The van der Waals surface area contributed by atoms with E-state index in [-0.39, 0.29) is 5.91 Å². The molecule has 1 aromatic heterocycles. The average molecular weight is 301 g/mol. The predicted octanol–water partition coefficient (Wildman–Crippen LogP) is 1.70. The van der Waals surface area contributed by atoms with Gasteiger partial charge in [0.05, 0.1) is 31.2 Å². The molecule has 2 aromatic rings. The zero-order chi connectivity index (χ0) is 15.5. The number of anilines is 1. The Morgan fingerprint density at radius 1 is 1.32 bits per heavy atom. The molecule has 2 heterocycles. The van der Waals surface area contributed by atoms with E-state index in [1.165, 1.54) is 13.3 Å². The molecular weight excluding hydrogens is 286 g/mol. The topological polar surface area (TPSA) is 82.5 Å². The number of para-hydroxylation sites is 1. The molecule has 0 fully saturated rings. The molecule has 1 amide bonds. The first kappa shape index (κ1) is 14.1. The first-order chi connectivity index (χ1) is 10.7. The molecule has 0 spiro atoms. The molecule has 0 saturated carbocycles. The van der Waals surface area contributed by atoms with E-state index in [1.807, 2.05) is 0 Å². The van der Waals surface area contributed by atoms with Gasteiger partial charge in [0.15, 0.2) is 0 Å². The third-order valence-electron chi connectivity index (χ3n) is 3.37. The molecule has 0 saturated heterocycles. The Morgan fingerprint density at radius 2 is 2.14 bits per heavy atom. The van der Waals surface area contributed by atoms with Gasteiger partial charge in [-0.15, -0.1) is 0 Å². The van der Waals surface area contributed by atoms with E-state index in [9.17, 15) is 9.59 Å². The number of amides is 1. The highest BCUT2D eigenvalue weighted by Gasteiger charge is 2.23. The van der Waals surface area contributed by atoms with Crippen molar-refractivity contribution in [2.45, 2.75) is 13.0 Å². The Morgan fingerprint density at radius 3 is 2.95 bits per heavy atom. The van der Waals surface area contributed by atoms with Gasteiger partial charge in [-0.3, -0.25) is 4.79 Å². The highest BCUT2D eigenvalue weighted by atomic mass is 16.5. The average Bonchev–Trinajstić information content (AvgIpc) is 2.99. The van der Waals surface area contributed by atoms with Crippen LogP contribution in [-0.2, 0) is 11.3 Å². The third kappa shape index (κ3) is 2.52. The monoisotopic (exact) mass is 301 g/mol. The molecule has 114 valence electrons. The van der Waals surface area contributed by atoms with E-state index in [2.05, 4.69) is 10.4 Å². The first-order valence-electron chi connectivity index (χ1n) is 6.88. The maximum Gasteiger partial charge on any atom is 0.339 e. The molecule has 7 nitrogen and oxygen atoms in total. The lowest BCUT2D eigenvalue weighted by molar-refractivity contribution is 0.0602. The molecule has 1 aromatic carbocycles. The van der Waals surface area contributed by atoms with Crippen LogP contribution in [0, 0.1) is 0 Å². The standard InChI is InChI=1S/C15H15N3O4/c1-21-15(20)10-5-2-3-6-12(10)17-13(19)11-9-16-18-7-4-8-22-14(11)18/h2-3,5-6,9H,4,7-8H2,1H3,(H,17,19). The summed E-state index contributed by atoms with van der Waals surface area (Å²) in [7, 11) is 1.29. The summed E-state index contributed by atoms with van der Waals surface area (Å²) in [5, 5.41) is 6.84. The number of carbonyl (C=O) groups excluding carboxylic acids is 2. The minimum Gasteiger partial charge on any atom is -0.477 e. The number of benzene rings is 1. The number of nitrogens with one attached hydrogen (secondary N) is 1. The van der Waals surface area contributed by atoms with E-state index in [0.717, 1.165) is 13.0 Å². The zero-order valence-corrected chi connectivity index (χ0v) is 12.0. The summed E-state index contributed by atoms with van der Waals surface area (Å²) in [5.74, 6) is -0.428. The van der Waals surface area contributed by atoms with Gasteiger partial charge in [-0.1, -0.05) is 12.1 Å². The second-order valence-corrected chi connectivity index (χ2v) is 4.78. The fraction of sp³-hybridized carbons (Fsp3) is 0.267. The lowest BCUT2D eigenvalue weighted by atomic mass is 10.1. The second-order valence-electron chi connectivity index (χ2n) is 4.78. The van der Waals surface area contributed by atoms with Crippen LogP contribution in [0.4, 0.5) is 5.69 Å². The lowest BCUT2D eigenvalue weighted by Crippen LogP contribution is -2.19. The van der Waals surface area contributed by atoms with Gasteiger partial charge in [-0.25, -0.2) is 9.48 Å². The molecule has 7 heteroatoms. The number of nitrogens with zero attached hydrogens (tertiary/aromatic N) is 2. The van der Waals surface area contributed by atoms with E-state index in [0.29, 0.717) is 29.3 Å². The van der Waals surface area contributed by atoms with Crippen LogP contribution < -0.4 is 10.1 Å². The van der Waals surface area contributed by atoms with Gasteiger partial charge in [0.1, 0.15) is 5.56 Å². The van der Waals surface area contributed by atoms with Gasteiger partial charge < -0.3 is 14.8 Å². The van der Waals surface area contributed by atoms with Crippen molar-refractivity contribution in [2.24, 2.45) is 0 Å². The number of methoxy groups -OCH3 is 1. The molecule has 0 aliphatic carbocycles. The van der Waals surface area contributed by atoms with Gasteiger partial charge in [0.2, 0.25) is 5.88 Å². The summed E-state index contributed by atoms with van der Waals surface area (Å²) in [4.78, 5) is 24.1. The smallest absolute Gasteiger partial charge is 0.339 e. The summed E-state index contributed by atoms with van der Waals surface area (Å²) in [6.45, 7) is 1.28. The largest absolute Gasteiger partial charge is 0.477 e. The van der Waals surface area contributed by atoms with Gasteiger partial charge in [0.25, 0.3) is 5.91 Å². The number of ether oxygens (including phenoxy) is 2. The van der Waals surface area contributed by atoms with Crippen LogP contribution in [0.2, 0.25) is 0 Å². The summed E-state index contributed by atoms with van der Waals surface area (Å²) < 4.78 is 11.9. The molecule has 0 bridgehead atoms. The fourth-order valence-corrected chi connectivity index (χ4v) is 2.29. The molecule has 1 N–H and O–H groups in total. The molecule has 22 heavy (non-hydrogen) atoms. The minimum atomic E-state index is -0.510. The number of aryl methyl sites for hydroxylation is 1. The van der Waals surface area contributed by atoms with Crippen molar-refractivity contribution in [1.29, 1.82) is 0 Å². The maximum atomic E-state index is 12.4. The number of carbonyl (C=O) groups is 2. The first-order valence-corrected chi connectivity index (χ1v) is 6.88. The van der Waals surface area contributed by atoms with E-state index in [1.54, 1.807) is 28.9 Å². The van der Waals surface area contributed by atoms with Gasteiger partial charge in [-0.2, -0.15) is 5.10 Å². The quantitative estimate of drug-likeness (QED) is 0.873. The van der Waals surface area contributed by atoms with E-state index < -0.39 is 5.97 Å². The SMILES string of the molecule is COC(=O)c1ccccc1NC(=O)c1cnn2c1OCCC2. The van der Waals surface area contributed by atoms with Crippen molar-refractivity contribution in [3.63, 3.8) is 0 Å². The Hall–Kier alpha value is -2.83. The number of hydrogen-bond donors (Lipinski definition) is 1. The van der Waals surface area contributed by atoms with Crippen LogP contribution in [-0.4, -0.2) is 35.4 Å². The van der Waals surface area contributed by atoms with Crippen LogP contribution in [0.25, 0.3) is 0 Å². The van der Waals surface area contributed by atoms with Gasteiger partial charge >= 0.3 is 5.97 Å². The Labute approximate surface area is 126 Å². The Kier molecular flexibility index (Phi) is 3.78. The lowest BCUT2D eigenvalue weighted by Gasteiger charge is -2.16. The Bertz CT molecular complexity index is 723. The number of fused-ring (bicyclic) bond motifs is 1. The number of hydrogen-bond acceptors (Lipinski definition) is 5. The molecule has 1 aliphatic rings. The molecule has 0 unspecified atom stereocenters. The normalized spacial score (nSPS) is 13.0. The zero-order valence-electron chi connectivity index (χ0n) is 12.0. The summed E-state index contributed by atoms with van der Waals surface area (Å²) in [6.07, 6.45) is 2.33. The van der Waals surface area contributed by atoms with Crippen LogP contribution >= 0.6 is 0 Å². The van der Waals surface area contributed by atoms with Crippen LogP contribution in [0.5, 0.6) is 5.88 Å². The van der Waals surface area contributed by atoms with Gasteiger partial charge in [0, 0.05) is 13.0 Å². The van der Waals surface area contributed by atoms with Crippen LogP contribution in [0.3, 0.4) is 0 Å². The highest BCUT2D eigenvalue weighted by Crippen LogP contribution is 2.24. The van der Waals surface area contributed by atoms with Crippen molar-refractivity contribution in [1.82, 2.24) is 9.78 Å². The third-order valence-corrected chi connectivity index (χ3v) is 3.37. The van der Waals surface area contributed by atoms with Crippen molar-refractivity contribution >= 4 is 17.6 Å².